The van der Waals surface area contributed by atoms with Gasteiger partial charge in [0.05, 0.1) is 34.8 Å². The van der Waals surface area contributed by atoms with E-state index in [4.69, 9.17) is 15.7 Å². The van der Waals surface area contributed by atoms with Crippen LogP contribution in [0.2, 0.25) is 0 Å². The van der Waals surface area contributed by atoms with E-state index in [1.54, 1.807) is 17.1 Å². The van der Waals surface area contributed by atoms with Crippen molar-refractivity contribution < 1.29 is 4.79 Å². The van der Waals surface area contributed by atoms with Crippen LogP contribution in [0.3, 0.4) is 0 Å². The normalized spacial score (nSPS) is 11.1. The number of rotatable bonds is 6. The number of carbonyl (C=O) groups is 1. The molecule has 0 aliphatic carbocycles. The number of nitrogens with two attached hydrogens (primary N) is 1. The fraction of sp³-hybridized carbons (Fsp3) is 0.100. The minimum absolute atomic E-state index is 0.00963. The van der Waals surface area contributed by atoms with Crippen molar-refractivity contribution in [3.63, 3.8) is 0 Å². The van der Waals surface area contributed by atoms with Crippen LogP contribution in [0.1, 0.15) is 21.7 Å². The van der Waals surface area contributed by atoms with E-state index in [-0.39, 0.29) is 18.1 Å². The second-order valence-corrected chi connectivity index (χ2v) is 9.31. The first-order chi connectivity index (χ1) is 19.5. The number of carbonyl (C=O) groups excluding carboxylic acids is 1. The zero-order valence-electron chi connectivity index (χ0n) is 21.9. The maximum Gasteiger partial charge on any atom is 0.274 e. The molecule has 1 aromatic carbocycles. The van der Waals surface area contributed by atoms with Crippen molar-refractivity contribution in [2.45, 2.75) is 13.5 Å². The number of hydrogen-bond donors (Lipinski definition) is 2. The molecule has 0 unspecified atom stereocenters. The van der Waals surface area contributed by atoms with E-state index in [0.29, 0.717) is 22.8 Å². The monoisotopic (exact) mass is 527 g/mol. The van der Waals surface area contributed by atoms with Gasteiger partial charge in [0.25, 0.3) is 5.91 Å². The van der Waals surface area contributed by atoms with Crippen molar-refractivity contribution in [2.24, 2.45) is 7.05 Å². The molecule has 0 fully saturated rings. The molecule has 0 aliphatic rings. The Hall–Kier alpha value is -5.51. The molecule has 0 atom stereocenters. The number of nitrogens with zero attached hydrogens (tertiary/aromatic N) is 7. The van der Waals surface area contributed by atoms with Crippen LogP contribution < -0.4 is 11.1 Å². The van der Waals surface area contributed by atoms with E-state index in [1.165, 1.54) is 0 Å². The smallest absolute Gasteiger partial charge is 0.274 e. The van der Waals surface area contributed by atoms with E-state index >= 15 is 0 Å². The maximum atomic E-state index is 13.3. The molecule has 6 rings (SSSR count). The molecule has 0 saturated heterocycles. The number of hydrogen-bond acceptors (Lipinski definition) is 8. The Morgan fingerprint density at radius 2 is 1.75 bits per heavy atom. The molecular weight excluding hydrogens is 502 g/mol. The van der Waals surface area contributed by atoms with Gasteiger partial charge in [0.2, 0.25) is 0 Å². The average Bonchev–Trinajstić information content (AvgIpc) is 3.42. The van der Waals surface area contributed by atoms with Gasteiger partial charge >= 0.3 is 0 Å². The molecular formula is C30H25N9O. The summed E-state index contributed by atoms with van der Waals surface area (Å²) in [5.74, 6) is -0.446. The Balaban J connectivity index is 1.34. The largest absolute Gasteiger partial charge is 0.382 e. The highest BCUT2D eigenvalue weighted by atomic mass is 16.1. The molecule has 1 amide bonds. The van der Waals surface area contributed by atoms with Crippen molar-refractivity contribution >= 4 is 22.6 Å². The highest BCUT2D eigenvalue weighted by Crippen LogP contribution is 2.31. The summed E-state index contributed by atoms with van der Waals surface area (Å²) in [5, 5.41) is 8.32. The quantitative estimate of drug-likeness (QED) is 0.326. The van der Waals surface area contributed by atoms with Gasteiger partial charge in [0.1, 0.15) is 11.4 Å². The molecule has 6 aromatic rings. The lowest BCUT2D eigenvalue weighted by Gasteiger charge is -2.13. The van der Waals surface area contributed by atoms with Crippen LogP contribution in [-0.2, 0) is 13.6 Å². The first-order valence-electron chi connectivity index (χ1n) is 12.6. The Labute approximate surface area is 230 Å². The molecule has 0 saturated carbocycles. The Kier molecular flexibility index (Phi) is 6.41. The highest BCUT2D eigenvalue weighted by Gasteiger charge is 2.21. The van der Waals surface area contributed by atoms with Crippen molar-refractivity contribution in [1.29, 1.82) is 0 Å². The van der Waals surface area contributed by atoms with Gasteiger partial charge in [-0.2, -0.15) is 5.10 Å². The summed E-state index contributed by atoms with van der Waals surface area (Å²) >= 11 is 0. The van der Waals surface area contributed by atoms with Crippen LogP contribution in [0.4, 0.5) is 5.82 Å². The van der Waals surface area contributed by atoms with E-state index < -0.39 is 5.91 Å². The molecule has 5 aromatic heterocycles. The van der Waals surface area contributed by atoms with Gasteiger partial charge in [-0.1, -0.05) is 24.3 Å². The second-order valence-electron chi connectivity index (χ2n) is 9.31. The third kappa shape index (κ3) is 4.85. The molecule has 0 radical (unpaired) electrons. The van der Waals surface area contributed by atoms with Crippen LogP contribution in [0.25, 0.3) is 44.9 Å². The summed E-state index contributed by atoms with van der Waals surface area (Å²) in [6.45, 7) is 2.15. The number of pyridine rings is 3. The molecule has 3 N–H and O–H groups in total. The van der Waals surface area contributed by atoms with Crippen LogP contribution in [-0.4, -0.2) is 40.6 Å². The van der Waals surface area contributed by atoms with E-state index in [1.807, 2.05) is 86.9 Å². The SMILES string of the molecule is Cc1ccc(CNC(=O)c2nc(-c3ccc4ncccc4c3)c(-c3ccn(C)n3)nc2N)nc1-c1ccccn1. The minimum atomic E-state index is -0.456. The summed E-state index contributed by atoms with van der Waals surface area (Å²) in [6.07, 6.45) is 5.29. The minimum Gasteiger partial charge on any atom is -0.382 e. The summed E-state index contributed by atoms with van der Waals surface area (Å²) < 4.78 is 1.68. The molecule has 0 aliphatic heterocycles. The van der Waals surface area contributed by atoms with E-state index in [2.05, 4.69) is 25.4 Å². The van der Waals surface area contributed by atoms with Gasteiger partial charge < -0.3 is 11.1 Å². The molecule has 196 valence electrons. The van der Waals surface area contributed by atoms with Crippen LogP contribution >= 0.6 is 0 Å². The third-order valence-electron chi connectivity index (χ3n) is 6.46. The third-order valence-corrected chi connectivity index (χ3v) is 6.46. The number of amides is 1. The zero-order valence-corrected chi connectivity index (χ0v) is 21.9. The van der Waals surface area contributed by atoms with Gasteiger partial charge in [-0.15, -0.1) is 0 Å². The first kappa shape index (κ1) is 24.8. The Bertz CT molecular complexity index is 1870. The van der Waals surface area contributed by atoms with Gasteiger partial charge in [-0.25, -0.2) is 15.0 Å². The molecule has 40 heavy (non-hydrogen) atoms. The van der Waals surface area contributed by atoms with E-state index in [0.717, 1.165) is 33.4 Å². The predicted molar refractivity (Wildman–Crippen MR) is 153 cm³/mol. The summed E-state index contributed by atoms with van der Waals surface area (Å²) in [6, 6.07) is 21.0. The number of aromatic nitrogens is 7. The first-order valence-corrected chi connectivity index (χ1v) is 12.6. The lowest BCUT2D eigenvalue weighted by molar-refractivity contribution is 0.0946. The predicted octanol–water partition coefficient (Wildman–Crippen LogP) is 4.37. The summed E-state index contributed by atoms with van der Waals surface area (Å²) in [7, 11) is 1.82. The lowest BCUT2D eigenvalue weighted by Crippen LogP contribution is -2.26. The number of nitrogens with one attached hydrogen (secondary N) is 1. The average molecular weight is 528 g/mol. The molecule has 10 heteroatoms. The summed E-state index contributed by atoms with van der Waals surface area (Å²) in [5.41, 5.74) is 12.7. The molecule has 0 bridgehead atoms. The van der Waals surface area contributed by atoms with Crippen molar-refractivity contribution in [3.8, 4) is 34.0 Å². The van der Waals surface area contributed by atoms with E-state index in [9.17, 15) is 4.79 Å². The Morgan fingerprint density at radius 3 is 2.55 bits per heavy atom. The molecule has 10 nitrogen and oxygen atoms in total. The lowest BCUT2D eigenvalue weighted by atomic mass is 10.0. The van der Waals surface area contributed by atoms with Gasteiger partial charge in [-0.3, -0.25) is 19.4 Å². The topological polar surface area (TPSA) is 137 Å². The summed E-state index contributed by atoms with van der Waals surface area (Å²) in [4.78, 5) is 36.2. The van der Waals surface area contributed by atoms with Gasteiger partial charge in [-0.05, 0) is 55.0 Å². The van der Waals surface area contributed by atoms with Gasteiger partial charge in [0.15, 0.2) is 11.5 Å². The van der Waals surface area contributed by atoms with Crippen molar-refractivity contribution in [2.75, 3.05) is 5.73 Å². The fourth-order valence-corrected chi connectivity index (χ4v) is 4.44. The number of aryl methyl sites for hydroxylation is 2. The molecule has 5 heterocycles. The standard InChI is InChI=1S/C30H25N9O/c1-18-8-10-21(35-25(18)23-7-3-4-13-33-23)17-34-30(40)28-29(31)37-27(24-12-15-39(2)38-24)26(36-28)20-9-11-22-19(16-20)6-5-14-32-22/h3-16H,17H2,1-2H3,(H2,31,37)(H,34,40). The number of fused-ring (bicyclic) bond motifs is 1. The number of benzene rings is 1. The fourth-order valence-electron chi connectivity index (χ4n) is 4.44. The number of anilines is 1. The second kappa shape index (κ2) is 10.3. The molecule has 0 spiro atoms. The van der Waals surface area contributed by atoms with Gasteiger partial charge in [0, 0.05) is 36.6 Å². The highest BCUT2D eigenvalue weighted by molar-refractivity contribution is 5.98. The van der Waals surface area contributed by atoms with Crippen LogP contribution in [0.15, 0.2) is 85.3 Å². The van der Waals surface area contributed by atoms with Crippen LogP contribution in [0.5, 0.6) is 0 Å². The van der Waals surface area contributed by atoms with Crippen molar-refractivity contribution in [3.05, 3.63) is 102 Å². The van der Waals surface area contributed by atoms with Crippen LogP contribution in [0, 0.1) is 6.92 Å². The number of nitrogen functional groups attached to an aromatic ring is 1. The Morgan fingerprint density at radius 1 is 0.875 bits per heavy atom. The zero-order chi connectivity index (χ0) is 27.6. The van der Waals surface area contributed by atoms with Crippen molar-refractivity contribution in [1.82, 2.24) is 40.0 Å². The maximum absolute atomic E-state index is 13.3.